The van der Waals surface area contributed by atoms with Gasteiger partial charge in [0.25, 0.3) is 9.84 Å². The van der Waals surface area contributed by atoms with E-state index in [1.807, 2.05) is 93.6 Å². The van der Waals surface area contributed by atoms with E-state index in [1.165, 1.54) is 34.8 Å². The van der Waals surface area contributed by atoms with Gasteiger partial charge in [0.1, 0.15) is 4.90 Å². The van der Waals surface area contributed by atoms with Crippen molar-refractivity contribution in [2.24, 2.45) is 5.92 Å². The number of piperazine rings is 1. The maximum Gasteiger partial charge on any atom is 0.501 e. The number of hydrogen-bond donors (Lipinski definition) is 2. The lowest BCUT2D eigenvalue weighted by molar-refractivity contribution is -0.0435. The number of aromatic nitrogens is 1. The molecule has 0 amide bonds. The standard InChI is InChI=1S/C56H65ClF3N6O7PS3/c1-39(2)66-40(3)55(76(4,69)70)53(54(66)42-13-15-44(57)16-14-42)43-9-8-10-48(35-43)64-31-29-63(30-32-64)46-17-19-47(20-18-46)65-33-34-73-74(65,68)49-21-22-51(52(36-49)77(71,72)56(58,59)60)61-45(38-75-50-11-6-5-7-12-50)25-28-62-26-23-41(37-67)24-27-62/h5-22,35-36,39,41,45,61,67H,23-34,37-38H2,1-4H3/t45-,74-/m1/s1. The summed E-state index contributed by atoms with van der Waals surface area (Å²) >= 11 is 7.80. The third-order valence-electron chi connectivity index (χ3n) is 14.8. The lowest BCUT2D eigenvalue weighted by atomic mass is 9.97. The van der Waals surface area contributed by atoms with Crippen LogP contribution in [0, 0.1) is 12.8 Å². The van der Waals surface area contributed by atoms with Crippen LogP contribution >= 0.6 is 30.9 Å². The van der Waals surface area contributed by atoms with E-state index in [0.29, 0.717) is 71.8 Å². The highest BCUT2D eigenvalue weighted by Gasteiger charge is 2.49. The van der Waals surface area contributed by atoms with Crippen LogP contribution in [0.25, 0.3) is 22.4 Å². The van der Waals surface area contributed by atoms with Gasteiger partial charge >= 0.3 is 13.0 Å². The first kappa shape index (κ1) is 56.7. The Balaban J connectivity index is 0.926. The van der Waals surface area contributed by atoms with Gasteiger partial charge in [-0.15, -0.1) is 11.8 Å². The lowest BCUT2D eigenvalue weighted by Crippen LogP contribution is -2.46. The number of benzene rings is 5. The van der Waals surface area contributed by atoms with E-state index >= 15 is 4.57 Å². The summed E-state index contributed by atoms with van der Waals surface area (Å²) in [5, 5.41) is 13.2. The van der Waals surface area contributed by atoms with E-state index in [2.05, 4.69) is 30.6 Å². The summed E-state index contributed by atoms with van der Waals surface area (Å²) in [5.41, 5.74) is 0.212. The Hall–Kier alpha value is -4.98. The highest BCUT2D eigenvalue weighted by molar-refractivity contribution is 7.99. The normalized spacial score (nSPS) is 18.6. The van der Waals surface area contributed by atoms with Crippen LogP contribution < -0.4 is 25.1 Å². The van der Waals surface area contributed by atoms with Gasteiger partial charge in [0.15, 0.2) is 9.84 Å². The monoisotopic (exact) mass is 1150 g/mol. The van der Waals surface area contributed by atoms with Crippen LogP contribution in [0.2, 0.25) is 5.02 Å². The Morgan fingerprint density at radius 3 is 2.06 bits per heavy atom. The molecule has 13 nitrogen and oxygen atoms in total. The van der Waals surface area contributed by atoms with Gasteiger partial charge in [0.05, 0.1) is 34.7 Å². The predicted octanol–water partition coefficient (Wildman–Crippen LogP) is 11.4. The molecule has 2 atom stereocenters. The van der Waals surface area contributed by atoms with Crippen molar-refractivity contribution in [2.75, 3.05) is 97.4 Å². The fraction of sp³-hybridized carbons (Fsp3) is 0.393. The molecule has 0 spiro atoms. The maximum atomic E-state index is 15.0. The van der Waals surface area contributed by atoms with Crippen molar-refractivity contribution in [3.63, 3.8) is 0 Å². The number of likely N-dealkylation sites (tertiary alicyclic amines) is 1. The van der Waals surface area contributed by atoms with Crippen molar-refractivity contribution in [1.82, 2.24) is 9.47 Å². The molecular weight excluding hydrogens is 1090 g/mol. The Kier molecular flexibility index (Phi) is 17.2. The van der Waals surface area contributed by atoms with Crippen LogP contribution in [0.3, 0.4) is 0 Å². The molecule has 3 fully saturated rings. The highest BCUT2D eigenvalue weighted by atomic mass is 35.5. The van der Waals surface area contributed by atoms with Crippen molar-refractivity contribution >= 4 is 78.6 Å². The zero-order valence-corrected chi connectivity index (χ0v) is 47.6. The van der Waals surface area contributed by atoms with Gasteiger partial charge in [-0.25, -0.2) is 16.8 Å². The van der Waals surface area contributed by atoms with Crippen LogP contribution in [-0.4, -0.2) is 121 Å². The average molecular weight is 1150 g/mol. The molecule has 3 aliphatic rings. The van der Waals surface area contributed by atoms with Crippen LogP contribution in [-0.2, 0) is 28.8 Å². The molecule has 412 valence electrons. The minimum atomic E-state index is -5.94. The Labute approximate surface area is 459 Å². The van der Waals surface area contributed by atoms with Gasteiger partial charge in [-0.1, -0.05) is 54.1 Å². The molecular formula is C56H65ClF3N6O7PS3. The molecule has 5 aromatic carbocycles. The first-order valence-electron chi connectivity index (χ1n) is 25.8. The van der Waals surface area contributed by atoms with Gasteiger partial charge in [0.2, 0.25) is 0 Å². The third kappa shape index (κ3) is 12.3. The number of anilines is 4. The summed E-state index contributed by atoms with van der Waals surface area (Å²) in [5.74, 6) is 0.662. The van der Waals surface area contributed by atoms with Crippen molar-refractivity contribution in [3.05, 3.63) is 132 Å². The number of rotatable bonds is 18. The first-order chi connectivity index (χ1) is 36.7. The third-order valence-corrected chi connectivity index (χ3v) is 21.5. The second-order valence-corrected chi connectivity index (χ2v) is 27.9. The number of alkyl halides is 3. The van der Waals surface area contributed by atoms with Crippen molar-refractivity contribution in [3.8, 4) is 22.4 Å². The van der Waals surface area contributed by atoms with Gasteiger partial charge in [0, 0.05) is 102 Å². The van der Waals surface area contributed by atoms with Gasteiger partial charge < -0.3 is 34.2 Å². The largest absolute Gasteiger partial charge is 0.501 e. The summed E-state index contributed by atoms with van der Waals surface area (Å²) in [6.45, 7) is 11.0. The summed E-state index contributed by atoms with van der Waals surface area (Å²) in [6, 6.07) is 35.4. The van der Waals surface area contributed by atoms with E-state index in [1.54, 1.807) is 24.3 Å². The van der Waals surface area contributed by atoms with Crippen molar-refractivity contribution in [2.45, 2.75) is 72.3 Å². The molecule has 1 aromatic heterocycles. The Morgan fingerprint density at radius 2 is 1.44 bits per heavy atom. The molecule has 2 N–H and O–H groups in total. The molecule has 0 radical (unpaired) electrons. The molecule has 4 heterocycles. The SMILES string of the molecule is Cc1c(S(C)(=O)=O)c(-c2cccc(N3CCN(c4ccc(N5CCO[P@]5(=O)c5ccc(N[C@H](CCN6CCC(CO)CC6)CSc6ccccc6)c(S(=O)(=O)C(F)(F)F)c5)cc4)CC3)c2)c(-c2ccc(Cl)cc2)n1C(C)C. The number of nitrogens with zero attached hydrogens (tertiary/aromatic N) is 5. The average Bonchev–Trinajstić information content (AvgIpc) is 4.00. The molecule has 0 unspecified atom stereocenters. The number of halogens is 4. The van der Waals surface area contributed by atoms with E-state index in [9.17, 15) is 35.1 Å². The molecule has 0 saturated carbocycles. The Bertz CT molecular complexity index is 3320. The zero-order valence-electron chi connectivity index (χ0n) is 43.5. The van der Waals surface area contributed by atoms with Crippen LogP contribution in [0.5, 0.6) is 0 Å². The molecule has 3 aliphatic heterocycles. The van der Waals surface area contributed by atoms with Crippen LogP contribution in [0.4, 0.5) is 35.9 Å². The summed E-state index contributed by atoms with van der Waals surface area (Å²) in [7, 11) is -13.7. The predicted molar refractivity (Wildman–Crippen MR) is 305 cm³/mol. The molecule has 6 aromatic rings. The number of sulfone groups is 2. The summed E-state index contributed by atoms with van der Waals surface area (Å²) in [4.78, 5) is 6.97. The zero-order chi connectivity index (χ0) is 54.9. The summed E-state index contributed by atoms with van der Waals surface area (Å²) in [6.07, 6.45) is 3.43. The first-order valence-corrected chi connectivity index (χ1v) is 32.1. The Morgan fingerprint density at radius 1 is 0.792 bits per heavy atom. The fourth-order valence-corrected chi connectivity index (χ4v) is 16.4. The minimum absolute atomic E-state index is 0.000943. The lowest BCUT2D eigenvalue weighted by Gasteiger charge is -2.37. The molecule has 77 heavy (non-hydrogen) atoms. The number of aliphatic hydroxyl groups excluding tert-OH is 1. The number of nitrogens with one attached hydrogen (secondary N) is 1. The smallest absolute Gasteiger partial charge is 0.396 e. The van der Waals surface area contributed by atoms with E-state index in [4.69, 9.17) is 16.1 Å². The van der Waals surface area contributed by atoms with Gasteiger partial charge in [-0.05, 0) is 149 Å². The van der Waals surface area contributed by atoms with Crippen molar-refractivity contribution < 1.29 is 44.2 Å². The number of piperidine rings is 1. The molecule has 0 bridgehead atoms. The highest BCUT2D eigenvalue weighted by Crippen LogP contribution is 2.56. The fourth-order valence-electron chi connectivity index (χ4n) is 10.8. The number of thioether (sulfide) groups is 1. The van der Waals surface area contributed by atoms with Crippen LogP contribution in [0.1, 0.15) is 44.8 Å². The quantitative estimate of drug-likeness (QED) is 0.0623. The van der Waals surface area contributed by atoms with Gasteiger partial charge in [-0.2, -0.15) is 13.2 Å². The molecule has 21 heteroatoms. The summed E-state index contributed by atoms with van der Waals surface area (Å²) < 4.78 is 122. The number of aliphatic hydroxyl groups is 1. The van der Waals surface area contributed by atoms with Gasteiger partial charge in [-0.3, -0.25) is 9.24 Å². The minimum Gasteiger partial charge on any atom is -0.396 e. The molecule has 3 saturated heterocycles. The second-order valence-electron chi connectivity index (χ2n) is 20.2. The van der Waals surface area contributed by atoms with Crippen LogP contribution in [0.15, 0.2) is 136 Å². The molecule has 9 rings (SSSR count). The van der Waals surface area contributed by atoms with E-state index in [0.717, 1.165) is 65.1 Å². The number of hydrogen-bond acceptors (Lipinski definition) is 12. The van der Waals surface area contributed by atoms with Crippen molar-refractivity contribution in [1.29, 1.82) is 0 Å². The molecule has 0 aliphatic carbocycles. The maximum absolute atomic E-state index is 15.0. The van der Waals surface area contributed by atoms with E-state index < -0.39 is 43.6 Å². The topological polar surface area (TPSA) is 145 Å². The van der Waals surface area contributed by atoms with E-state index in [-0.39, 0.29) is 42.7 Å². The second kappa shape index (κ2) is 23.4.